The number of benzene rings is 1. The lowest BCUT2D eigenvalue weighted by Crippen LogP contribution is -2.04. The highest BCUT2D eigenvalue weighted by Crippen LogP contribution is 2.13. The van der Waals surface area contributed by atoms with Crippen LogP contribution in [0.4, 0.5) is 0 Å². The first-order valence-electron chi connectivity index (χ1n) is 9.55. The maximum atomic E-state index is 11.1. The van der Waals surface area contributed by atoms with Gasteiger partial charge in [0.2, 0.25) is 0 Å². The van der Waals surface area contributed by atoms with Crippen molar-refractivity contribution in [3.63, 3.8) is 0 Å². The molecule has 3 nitrogen and oxygen atoms in total. The Morgan fingerprint density at radius 3 is 2.00 bits per heavy atom. The van der Waals surface area contributed by atoms with Crippen molar-refractivity contribution < 1.29 is 14.3 Å². The van der Waals surface area contributed by atoms with Gasteiger partial charge in [-0.2, -0.15) is 0 Å². The highest BCUT2D eigenvalue weighted by Gasteiger charge is 2.01. The van der Waals surface area contributed by atoms with Crippen molar-refractivity contribution in [2.24, 2.45) is 0 Å². The van der Waals surface area contributed by atoms with E-state index in [0.717, 1.165) is 31.4 Å². The lowest BCUT2D eigenvalue weighted by Gasteiger charge is -2.06. The van der Waals surface area contributed by atoms with E-state index < -0.39 is 0 Å². The number of unbranched alkanes of at least 4 members (excludes halogenated alkanes) is 2. The summed E-state index contributed by atoms with van der Waals surface area (Å²) in [6.45, 7) is 13.4. The number of hydrogen-bond donors (Lipinski definition) is 0. The van der Waals surface area contributed by atoms with Crippen LogP contribution in [0.2, 0.25) is 0 Å². The SMILES string of the molecule is CC.CCC.CCOC(=O)CCCCCOc1ccc(CC)cc1. The minimum absolute atomic E-state index is 0.0985. The van der Waals surface area contributed by atoms with Gasteiger partial charge in [0.25, 0.3) is 0 Å². The Morgan fingerprint density at radius 2 is 1.50 bits per heavy atom. The third-order valence-corrected chi connectivity index (χ3v) is 2.93. The van der Waals surface area contributed by atoms with E-state index >= 15 is 0 Å². The average molecular weight is 339 g/mol. The summed E-state index contributed by atoms with van der Waals surface area (Å²) in [5, 5.41) is 0. The molecule has 1 aromatic carbocycles. The first kappa shape index (κ1) is 24.7. The van der Waals surface area contributed by atoms with Crippen LogP contribution in [0.3, 0.4) is 0 Å². The topological polar surface area (TPSA) is 35.5 Å². The molecule has 0 heterocycles. The third kappa shape index (κ3) is 15.4. The largest absolute Gasteiger partial charge is 0.494 e. The van der Waals surface area contributed by atoms with Gasteiger partial charge in [-0.15, -0.1) is 0 Å². The zero-order valence-corrected chi connectivity index (χ0v) is 16.7. The molecule has 0 fully saturated rings. The van der Waals surface area contributed by atoms with Crippen LogP contribution in [0.25, 0.3) is 0 Å². The van der Waals surface area contributed by atoms with Gasteiger partial charge >= 0.3 is 5.97 Å². The van der Waals surface area contributed by atoms with Crippen molar-refractivity contribution in [3.8, 4) is 5.75 Å². The molecule has 24 heavy (non-hydrogen) atoms. The second kappa shape index (κ2) is 19.5. The maximum absolute atomic E-state index is 11.1. The van der Waals surface area contributed by atoms with E-state index in [4.69, 9.17) is 9.47 Å². The highest BCUT2D eigenvalue weighted by atomic mass is 16.5. The summed E-state index contributed by atoms with van der Waals surface area (Å²) in [6, 6.07) is 8.21. The van der Waals surface area contributed by atoms with Crippen molar-refractivity contribution in [2.75, 3.05) is 13.2 Å². The molecule has 0 bridgehead atoms. The van der Waals surface area contributed by atoms with Crippen LogP contribution >= 0.6 is 0 Å². The third-order valence-electron chi connectivity index (χ3n) is 2.93. The molecule has 1 aromatic rings. The van der Waals surface area contributed by atoms with Crippen LogP contribution in [0, 0.1) is 0 Å². The Kier molecular flexibility index (Phi) is 20.1. The summed E-state index contributed by atoms with van der Waals surface area (Å²) in [4.78, 5) is 11.1. The maximum Gasteiger partial charge on any atom is 0.305 e. The predicted octanol–water partition coefficient (Wildman–Crippen LogP) is 6.19. The van der Waals surface area contributed by atoms with Crippen molar-refractivity contribution in [2.45, 2.75) is 80.1 Å². The van der Waals surface area contributed by atoms with Crippen LogP contribution in [-0.2, 0) is 16.0 Å². The zero-order valence-electron chi connectivity index (χ0n) is 16.7. The van der Waals surface area contributed by atoms with Crippen LogP contribution in [0.5, 0.6) is 5.75 Å². The molecule has 0 aliphatic rings. The number of hydrogen-bond acceptors (Lipinski definition) is 3. The Bertz CT molecular complexity index is 371. The van der Waals surface area contributed by atoms with Crippen LogP contribution < -0.4 is 4.74 Å². The second-order valence-electron chi connectivity index (χ2n) is 5.17. The van der Waals surface area contributed by atoms with Crippen molar-refractivity contribution in [3.05, 3.63) is 29.8 Å². The molecular formula is C21H38O3. The van der Waals surface area contributed by atoms with E-state index in [-0.39, 0.29) is 5.97 Å². The van der Waals surface area contributed by atoms with E-state index in [2.05, 4.69) is 32.9 Å². The predicted molar refractivity (Wildman–Crippen MR) is 104 cm³/mol. The number of esters is 1. The van der Waals surface area contributed by atoms with Gasteiger partial charge in [-0.25, -0.2) is 0 Å². The van der Waals surface area contributed by atoms with Gasteiger partial charge in [0, 0.05) is 6.42 Å². The summed E-state index contributed by atoms with van der Waals surface area (Å²) < 4.78 is 10.5. The normalized spacial score (nSPS) is 9.08. The summed E-state index contributed by atoms with van der Waals surface area (Å²) in [7, 11) is 0. The van der Waals surface area contributed by atoms with Crippen molar-refractivity contribution in [1.29, 1.82) is 0 Å². The highest BCUT2D eigenvalue weighted by molar-refractivity contribution is 5.69. The molecule has 1 rings (SSSR count). The summed E-state index contributed by atoms with van der Waals surface area (Å²) in [6.07, 6.45) is 5.64. The van der Waals surface area contributed by atoms with Gasteiger partial charge in [-0.05, 0) is 50.3 Å². The van der Waals surface area contributed by atoms with E-state index in [0.29, 0.717) is 19.6 Å². The molecular weight excluding hydrogens is 300 g/mol. The second-order valence-corrected chi connectivity index (χ2v) is 5.17. The average Bonchev–Trinajstić information content (AvgIpc) is 2.61. The first-order chi connectivity index (χ1) is 11.7. The minimum Gasteiger partial charge on any atom is -0.494 e. The lowest BCUT2D eigenvalue weighted by atomic mass is 10.2. The Hall–Kier alpha value is -1.51. The number of ether oxygens (including phenoxy) is 2. The molecule has 0 aliphatic carbocycles. The molecule has 0 unspecified atom stereocenters. The fraction of sp³-hybridized carbons (Fsp3) is 0.667. The van der Waals surface area contributed by atoms with Gasteiger partial charge in [0.1, 0.15) is 5.75 Å². The molecule has 0 saturated carbocycles. The first-order valence-corrected chi connectivity index (χ1v) is 9.55. The fourth-order valence-corrected chi connectivity index (χ4v) is 1.79. The molecule has 0 N–H and O–H groups in total. The molecule has 0 aromatic heterocycles. The van der Waals surface area contributed by atoms with Gasteiger partial charge in [-0.1, -0.05) is 53.2 Å². The van der Waals surface area contributed by atoms with Crippen molar-refractivity contribution >= 4 is 5.97 Å². The number of aryl methyl sites for hydroxylation is 1. The molecule has 0 atom stereocenters. The molecule has 3 heteroatoms. The monoisotopic (exact) mass is 338 g/mol. The Balaban J connectivity index is 0. The van der Waals surface area contributed by atoms with Crippen LogP contribution in [-0.4, -0.2) is 19.2 Å². The van der Waals surface area contributed by atoms with E-state index in [1.54, 1.807) is 0 Å². The molecule has 0 spiro atoms. The quantitative estimate of drug-likeness (QED) is 0.397. The molecule has 0 aliphatic heterocycles. The standard InChI is InChI=1S/C16H24O3.C3H8.C2H6/c1-3-14-9-11-15(12-10-14)19-13-7-5-6-8-16(17)18-4-2;1-3-2;1-2/h9-12H,3-8,13H2,1-2H3;3H2,1-2H3;1-2H3. The molecule has 0 radical (unpaired) electrons. The summed E-state index contributed by atoms with van der Waals surface area (Å²) >= 11 is 0. The smallest absolute Gasteiger partial charge is 0.305 e. The molecule has 0 saturated heterocycles. The van der Waals surface area contributed by atoms with Crippen molar-refractivity contribution in [1.82, 2.24) is 0 Å². The molecule has 140 valence electrons. The van der Waals surface area contributed by atoms with E-state index in [9.17, 15) is 4.79 Å². The summed E-state index contributed by atoms with van der Waals surface area (Å²) in [5.74, 6) is 0.821. The Morgan fingerprint density at radius 1 is 0.917 bits per heavy atom. The number of carbonyl (C=O) groups excluding carboxylic acids is 1. The number of rotatable bonds is 9. The lowest BCUT2D eigenvalue weighted by molar-refractivity contribution is -0.143. The van der Waals surface area contributed by atoms with Gasteiger partial charge in [0.05, 0.1) is 13.2 Å². The van der Waals surface area contributed by atoms with Crippen LogP contribution in [0.15, 0.2) is 24.3 Å². The summed E-state index contributed by atoms with van der Waals surface area (Å²) in [5.41, 5.74) is 1.32. The molecule has 0 amide bonds. The number of carbonyl (C=O) groups is 1. The Labute approximate surface area is 149 Å². The van der Waals surface area contributed by atoms with Gasteiger partial charge in [0.15, 0.2) is 0 Å². The van der Waals surface area contributed by atoms with Gasteiger partial charge < -0.3 is 9.47 Å². The van der Waals surface area contributed by atoms with Crippen LogP contribution in [0.1, 0.15) is 79.2 Å². The van der Waals surface area contributed by atoms with E-state index in [1.807, 2.05) is 32.9 Å². The van der Waals surface area contributed by atoms with Gasteiger partial charge in [-0.3, -0.25) is 4.79 Å². The zero-order chi connectivity index (χ0) is 18.6. The fourth-order valence-electron chi connectivity index (χ4n) is 1.79. The minimum atomic E-state index is -0.0985. The van der Waals surface area contributed by atoms with E-state index in [1.165, 1.54) is 12.0 Å².